The summed E-state index contributed by atoms with van der Waals surface area (Å²) in [6.07, 6.45) is 2.23. The molecule has 3 amide bonds. The van der Waals surface area contributed by atoms with Gasteiger partial charge in [0.05, 0.1) is 10.6 Å². The molecule has 0 unspecified atom stereocenters. The minimum absolute atomic E-state index is 0.0326. The van der Waals surface area contributed by atoms with Gasteiger partial charge in [0.1, 0.15) is 28.8 Å². The summed E-state index contributed by atoms with van der Waals surface area (Å²) in [7, 11) is 0. The molecule has 0 spiro atoms. The topological polar surface area (TPSA) is 131 Å². The molecule has 0 atom stereocenters. The van der Waals surface area contributed by atoms with Crippen LogP contribution in [0.1, 0.15) is 22.3 Å². The Kier molecular flexibility index (Phi) is 8.49. The van der Waals surface area contributed by atoms with Crippen molar-refractivity contribution in [2.45, 2.75) is 13.0 Å². The highest BCUT2D eigenvalue weighted by Crippen LogP contribution is 2.31. The number of nitrogens with two attached hydrogens (primary N) is 1. The highest BCUT2D eigenvalue weighted by Gasteiger charge is 2.24. The largest absolute Gasteiger partial charge is 0.471 e. The molecule has 34 heavy (non-hydrogen) atoms. The third kappa shape index (κ3) is 6.26. The molecular formula is C20H18ClF3N6O3S. The highest BCUT2D eigenvalue weighted by atomic mass is 35.5. The number of rotatable bonds is 10. The zero-order valence-corrected chi connectivity index (χ0v) is 18.9. The highest BCUT2D eigenvalue weighted by molar-refractivity contribution is 7.11. The lowest BCUT2D eigenvalue weighted by Crippen LogP contribution is -2.31. The molecule has 0 fully saturated rings. The van der Waals surface area contributed by atoms with Crippen molar-refractivity contribution in [3.63, 3.8) is 0 Å². The number of carbonyl (C=O) groups is 2. The summed E-state index contributed by atoms with van der Waals surface area (Å²) in [6, 6.07) is 5.40. The van der Waals surface area contributed by atoms with Crippen molar-refractivity contribution in [1.29, 1.82) is 0 Å². The molecule has 5 N–H and O–H groups in total. The number of hydrogen-bond acceptors (Lipinski definition) is 7. The van der Waals surface area contributed by atoms with Crippen LogP contribution < -0.4 is 26.4 Å². The fraction of sp³-hybridized carbons (Fsp3) is 0.200. The minimum atomic E-state index is -1.53. The molecule has 3 rings (SSSR count). The number of carbonyl (C=O) groups excluding carboxylic acids is 2. The van der Waals surface area contributed by atoms with Gasteiger partial charge in [-0.1, -0.05) is 17.7 Å². The molecule has 0 saturated carbocycles. The average Bonchev–Trinajstić information content (AvgIpc) is 3.20. The van der Waals surface area contributed by atoms with Crippen LogP contribution in [0.15, 0.2) is 30.5 Å². The normalized spacial score (nSPS) is 10.6. The van der Waals surface area contributed by atoms with Crippen LogP contribution in [0.5, 0.6) is 5.88 Å². The van der Waals surface area contributed by atoms with E-state index in [4.69, 9.17) is 22.1 Å². The number of halogens is 4. The number of nitrogens with one attached hydrogen (secondary N) is 3. The zero-order chi connectivity index (χ0) is 24.7. The lowest BCUT2D eigenvalue weighted by molar-refractivity contribution is 0.0996. The van der Waals surface area contributed by atoms with Gasteiger partial charge >= 0.3 is 6.03 Å². The molecule has 9 nitrogen and oxygen atoms in total. The fourth-order valence-electron chi connectivity index (χ4n) is 2.67. The summed E-state index contributed by atoms with van der Waals surface area (Å²) < 4.78 is 50.6. The first-order chi connectivity index (χ1) is 16.3. The Morgan fingerprint density at radius 3 is 2.68 bits per heavy atom. The van der Waals surface area contributed by atoms with Crippen molar-refractivity contribution in [3.8, 4) is 5.88 Å². The van der Waals surface area contributed by atoms with Gasteiger partial charge in [-0.25, -0.2) is 22.9 Å². The van der Waals surface area contributed by atoms with Crippen molar-refractivity contribution in [2.24, 2.45) is 5.73 Å². The molecular weight excluding hydrogens is 497 g/mol. The van der Waals surface area contributed by atoms with Gasteiger partial charge in [-0.2, -0.15) is 4.37 Å². The molecule has 2 heterocycles. The quantitative estimate of drug-likeness (QED) is 0.184. The van der Waals surface area contributed by atoms with E-state index in [-0.39, 0.29) is 16.4 Å². The van der Waals surface area contributed by atoms with Crippen molar-refractivity contribution in [1.82, 2.24) is 14.7 Å². The monoisotopic (exact) mass is 514 g/mol. The molecule has 0 aliphatic heterocycles. The summed E-state index contributed by atoms with van der Waals surface area (Å²) in [6.45, 7) is 0.0614. The zero-order valence-electron chi connectivity index (χ0n) is 17.3. The summed E-state index contributed by atoms with van der Waals surface area (Å²) in [5.74, 6) is -4.78. The second-order valence-corrected chi connectivity index (χ2v) is 7.85. The molecule has 0 aliphatic rings. The van der Waals surface area contributed by atoms with Gasteiger partial charge < -0.3 is 21.1 Å². The number of anilines is 2. The lowest BCUT2D eigenvalue weighted by Gasteiger charge is -2.10. The predicted octanol–water partition coefficient (Wildman–Crippen LogP) is 3.91. The van der Waals surface area contributed by atoms with Gasteiger partial charge in [-0.05, 0) is 36.2 Å². The third-order valence-corrected chi connectivity index (χ3v) is 5.33. The maximum Gasteiger partial charge on any atom is 0.319 e. The number of hydrogen-bond donors (Lipinski definition) is 4. The number of benzene rings is 1. The van der Waals surface area contributed by atoms with Crippen molar-refractivity contribution in [2.75, 3.05) is 23.7 Å². The number of amides is 3. The van der Waals surface area contributed by atoms with E-state index >= 15 is 0 Å². The van der Waals surface area contributed by atoms with E-state index in [1.165, 1.54) is 0 Å². The van der Waals surface area contributed by atoms with Crippen LogP contribution in [0.25, 0.3) is 0 Å². The van der Waals surface area contributed by atoms with E-state index in [1.54, 1.807) is 18.3 Å². The molecule has 0 saturated heterocycles. The third-order valence-electron chi connectivity index (χ3n) is 4.31. The Labute approximate surface area is 200 Å². The minimum Gasteiger partial charge on any atom is -0.471 e. The number of pyridine rings is 1. The summed E-state index contributed by atoms with van der Waals surface area (Å²) in [4.78, 5) is 28.1. The Bertz CT molecular complexity index is 1180. The van der Waals surface area contributed by atoms with Crippen molar-refractivity contribution < 1.29 is 27.5 Å². The lowest BCUT2D eigenvalue weighted by atomic mass is 10.2. The van der Waals surface area contributed by atoms with E-state index in [9.17, 15) is 22.8 Å². The number of nitrogens with zero attached hydrogens (tertiary/aromatic N) is 2. The smallest absolute Gasteiger partial charge is 0.319 e. The molecule has 0 radical (unpaired) electrons. The molecule has 3 aromatic rings. The Hall–Kier alpha value is -3.58. The van der Waals surface area contributed by atoms with E-state index in [2.05, 4.69) is 25.3 Å². The number of aromatic nitrogens is 2. The summed E-state index contributed by atoms with van der Waals surface area (Å²) in [5.41, 5.74) is 4.29. The van der Waals surface area contributed by atoms with E-state index in [1.807, 2.05) is 6.07 Å². The van der Waals surface area contributed by atoms with Crippen LogP contribution in [0.2, 0.25) is 5.02 Å². The van der Waals surface area contributed by atoms with Gasteiger partial charge in [-0.15, -0.1) is 0 Å². The maximum absolute atomic E-state index is 14.0. The molecule has 1 aromatic carbocycles. The van der Waals surface area contributed by atoms with Crippen LogP contribution in [0.3, 0.4) is 0 Å². The van der Waals surface area contributed by atoms with Gasteiger partial charge in [0, 0.05) is 19.3 Å². The first kappa shape index (κ1) is 25.1. The van der Waals surface area contributed by atoms with E-state index in [0.717, 1.165) is 0 Å². The molecule has 14 heteroatoms. The van der Waals surface area contributed by atoms with Crippen molar-refractivity contribution >= 4 is 45.9 Å². The van der Waals surface area contributed by atoms with Gasteiger partial charge in [0.15, 0.2) is 11.6 Å². The van der Waals surface area contributed by atoms with E-state index in [0.29, 0.717) is 42.9 Å². The Morgan fingerprint density at radius 2 is 1.97 bits per heavy atom. The molecule has 2 aromatic heterocycles. The van der Waals surface area contributed by atoms with Gasteiger partial charge in [-0.3, -0.25) is 10.1 Å². The molecule has 0 bridgehead atoms. The SMILES string of the molecule is NC(=O)c1c(OCc2c(F)cc(Cl)c(F)c2F)nsc1NC(=O)NCCCNc1ccccn1. The Morgan fingerprint density at radius 1 is 1.18 bits per heavy atom. The van der Waals surface area contributed by atoms with Crippen LogP contribution in [0.4, 0.5) is 28.8 Å². The second-order valence-electron chi connectivity index (χ2n) is 6.67. The number of primary amides is 1. The maximum atomic E-state index is 14.0. The number of urea groups is 1. The van der Waals surface area contributed by atoms with Gasteiger partial charge in [0.2, 0.25) is 5.88 Å². The average molecular weight is 515 g/mol. The van der Waals surface area contributed by atoms with Crippen LogP contribution in [0, 0.1) is 17.5 Å². The van der Waals surface area contributed by atoms with Gasteiger partial charge in [0.25, 0.3) is 5.91 Å². The predicted molar refractivity (Wildman–Crippen MR) is 121 cm³/mol. The second kappa shape index (κ2) is 11.5. The first-order valence-corrected chi connectivity index (χ1v) is 10.9. The standard InChI is InChI=1S/C20H18ClF3N6O3S/c21-11-8-12(22)10(15(23)16(11)24)9-33-18-14(17(25)31)19(34-30-18)29-20(32)28-7-3-6-27-13-4-1-2-5-26-13/h1-2,4-5,8H,3,6-7,9H2,(H2,25,31)(H,26,27)(H2,28,29,32). The van der Waals surface area contributed by atoms with Crippen LogP contribution in [-0.4, -0.2) is 34.4 Å². The van der Waals surface area contributed by atoms with E-state index < -0.39 is 46.6 Å². The number of ether oxygens (including phenoxy) is 1. The van der Waals surface area contributed by atoms with Crippen LogP contribution in [-0.2, 0) is 6.61 Å². The Balaban J connectivity index is 1.56. The summed E-state index contributed by atoms with van der Waals surface area (Å²) in [5, 5.41) is 7.35. The fourth-order valence-corrected chi connectivity index (χ4v) is 3.59. The van der Waals surface area contributed by atoms with Crippen LogP contribution >= 0.6 is 23.1 Å². The first-order valence-electron chi connectivity index (χ1n) is 9.71. The summed E-state index contributed by atoms with van der Waals surface area (Å²) >= 11 is 6.06. The van der Waals surface area contributed by atoms with Crippen molar-refractivity contribution in [3.05, 3.63) is 64.1 Å². The molecule has 0 aliphatic carbocycles. The molecule has 180 valence electrons.